The van der Waals surface area contributed by atoms with Crippen LogP contribution in [0.25, 0.3) is 6.08 Å². The van der Waals surface area contributed by atoms with E-state index in [2.05, 4.69) is 40.0 Å². The van der Waals surface area contributed by atoms with Crippen LogP contribution >= 0.6 is 15.9 Å². The lowest BCUT2D eigenvalue weighted by Gasteiger charge is -2.07. The number of carbonyl (C=O) groups is 1. The van der Waals surface area contributed by atoms with Gasteiger partial charge in [0, 0.05) is 10.0 Å². The predicted molar refractivity (Wildman–Crippen MR) is 117 cm³/mol. The summed E-state index contributed by atoms with van der Waals surface area (Å²) < 4.78 is 12.1. The van der Waals surface area contributed by atoms with Gasteiger partial charge in [0.2, 0.25) is 5.90 Å². The largest absolute Gasteiger partial charge is 0.489 e. The van der Waals surface area contributed by atoms with E-state index in [4.69, 9.17) is 9.47 Å². The summed E-state index contributed by atoms with van der Waals surface area (Å²) in [5, 5.41) is 0. The molecule has 0 amide bonds. The third-order valence-corrected chi connectivity index (χ3v) is 4.91. The monoisotopic (exact) mass is 447 g/mol. The number of aliphatic imine (C=N–C) groups is 1. The smallest absolute Gasteiger partial charge is 0.363 e. The van der Waals surface area contributed by atoms with Gasteiger partial charge in [-0.15, -0.1) is 0 Å². The molecule has 1 aliphatic rings. The molecule has 0 aromatic heterocycles. The Kier molecular flexibility index (Phi) is 5.58. The van der Waals surface area contributed by atoms with E-state index < -0.39 is 5.97 Å². The minimum atomic E-state index is -0.456. The van der Waals surface area contributed by atoms with E-state index >= 15 is 0 Å². The summed E-state index contributed by atoms with van der Waals surface area (Å²) in [7, 11) is 0. The molecular weight excluding hydrogens is 430 g/mol. The van der Waals surface area contributed by atoms with Gasteiger partial charge in [-0.05, 0) is 60.5 Å². The van der Waals surface area contributed by atoms with Crippen molar-refractivity contribution >= 4 is 33.9 Å². The first-order valence-electron chi connectivity index (χ1n) is 9.14. The Balaban J connectivity index is 1.45. The van der Waals surface area contributed by atoms with Crippen molar-refractivity contribution in [2.75, 3.05) is 0 Å². The summed E-state index contributed by atoms with van der Waals surface area (Å²) in [4.78, 5) is 16.5. The molecular formula is C24H18BrNO3. The first-order valence-corrected chi connectivity index (χ1v) is 9.93. The van der Waals surface area contributed by atoms with Gasteiger partial charge in [-0.25, -0.2) is 9.79 Å². The Morgan fingerprint density at radius 1 is 1.03 bits per heavy atom. The van der Waals surface area contributed by atoms with Crippen LogP contribution < -0.4 is 4.74 Å². The normalized spacial score (nSPS) is 14.6. The Hall–Kier alpha value is -3.18. The van der Waals surface area contributed by atoms with Crippen LogP contribution in [0.2, 0.25) is 0 Å². The Bertz CT molecular complexity index is 1100. The molecule has 29 heavy (non-hydrogen) atoms. The number of ether oxygens (including phenoxy) is 2. The van der Waals surface area contributed by atoms with Crippen molar-refractivity contribution in [2.24, 2.45) is 4.99 Å². The van der Waals surface area contributed by atoms with Crippen molar-refractivity contribution < 1.29 is 14.3 Å². The van der Waals surface area contributed by atoms with Crippen molar-refractivity contribution in [3.8, 4) is 5.75 Å². The molecule has 0 saturated heterocycles. The fraction of sp³-hybridized carbons (Fsp3) is 0.0833. The highest BCUT2D eigenvalue weighted by molar-refractivity contribution is 9.10. The zero-order chi connectivity index (χ0) is 20.2. The molecule has 0 saturated carbocycles. The number of benzene rings is 3. The predicted octanol–water partition coefficient (Wildman–Crippen LogP) is 5.68. The van der Waals surface area contributed by atoms with Crippen molar-refractivity contribution in [3.05, 3.63) is 105 Å². The van der Waals surface area contributed by atoms with Crippen LogP contribution in [0.1, 0.15) is 22.3 Å². The van der Waals surface area contributed by atoms with E-state index in [0.717, 1.165) is 26.9 Å². The first kappa shape index (κ1) is 19.2. The second-order valence-electron chi connectivity index (χ2n) is 6.69. The van der Waals surface area contributed by atoms with Crippen molar-refractivity contribution in [1.82, 2.24) is 0 Å². The quantitative estimate of drug-likeness (QED) is 0.373. The van der Waals surface area contributed by atoms with Crippen molar-refractivity contribution in [1.29, 1.82) is 0 Å². The van der Waals surface area contributed by atoms with Gasteiger partial charge in [0.15, 0.2) is 5.70 Å². The molecule has 5 heteroatoms. The molecule has 144 valence electrons. The molecule has 0 N–H and O–H groups in total. The van der Waals surface area contributed by atoms with Crippen LogP contribution in [0.15, 0.2) is 88.0 Å². The zero-order valence-corrected chi connectivity index (χ0v) is 17.3. The summed E-state index contributed by atoms with van der Waals surface area (Å²) in [5.41, 5.74) is 4.21. The van der Waals surface area contributed by atoms with Crippen molar-refractivity contribution in [2.45, 2.75) is 13.5 Å². The Morgan fingerprint density at radius 3 is 2.52 bits per heavy atom. The number of esters is 1. The summed E-state index contributed by atoms with van der Waals surface area (Å²) in [6.45, 7) is 2.57. The van der Waals surface area contributed by atoms with E-state index in [1.54, 1.807) is 6.08 Å². The summed E-state index contributed by atoms with van der Waals surface area (Å²) in [6, 6.07) is 23.2. The number of carbonyl (C=O) groups excluding carboxylic acids is 1. The van der Waals surface area contributed by atoms with Gasteiger partial charge in [0.1, 0.15) is 12.4 Å². The third-order valence-electron chi connectivity index (χ3n) is 4.38. The average molecular weight is 448 g/mol. The lowest BCUT2D eigenvalue weighted by molar-refractivity contribution is -0.129. The maximum absolute atomic E-state index is 12.1. The molecule has 0 fully saturated rings. The Morgan fingerprint density at radius 2 is 1.79 bits per heavy atom. The molecule has 0 bridgehead atoms. The fourth-order valence-electron chi connectivity index (χ4n) is 2.91. The van der Waals surface area contributed by atoms with Crippen LogP contribution in [0.5, 0.6) is 5.75 Å². The molecule has 1 aliphatic heterocycles. The molecule has 0 aliphatic carbocycles. The molecule has 3 aromatic carbocycles. The lowest BCUT2D eigenvalue weighted by Crippen LogP contribution is -2.05. The molecule has 0 radical (unpaired) electrons. The zero-order valence-electron chi connectivity index (χ0n) is 15.8. The van der Waals surface area contributed by atoms with Gasteiger partial charge in [-0.1, -0.05) is 57.9 Å². The molecule has 0 unspecified atom stereocenters. The maximum Gasteiger partial charge on any atom is 0.363 e. The van der Waals surface area contributed by atoms with Crippen LogP contribution in [0.3, 0.4) is 0 Å². The van der Waals surface area contributed by atoms with Gasteiger partial charge in [-0.3, -0.25) is 0 Å². The maximum atomic E-state index is 12.1. The third kappa shape index (κ3) is 4.81. The minimum absolute atomic E-state index is 0.274. The van der Waals surface area contributed by atoms with Gasteiger partial charge >= 0.3 is 5.97 Å². The minimum Gasteiger partial charge on any atom is -0.489 e. The van der Waals surface area contributed by atoms with Crippen LogP contribution in [-0.2, 0) is 16.1 Å². The molecule has 1 heterocycles. The second kappa shape index (κ2) is 8.45. The molecule has 0 atom stereocenters. The average Bonchev–Trinajstić information content (AvgIpc) is 3.08. The van der Waals surface area contributed by atoms with Crippen LogP contribution in [0.4, 0.5) is 0 Å². The summed E-state index contributed by atoms with van der Waals surface area (Å²) in [5.74, 6) is 0.622. The van der Waals surface area contributed by atoms with E-state index in [1.165, 1.54) is 5.56 Å². The number of aryl methyl sites for hydroxylation is 1. The number of nitrogens with zero attached hydrogens (tertiary/aromatic N) is 1. The Labute approximate surface area is 177 Å². The van der Waals surface area contributed by atoms with Crippen LogP contribution in [0, 0.1) is 6.92 Å². The van der Waals surface area contributed by atoms with Gasteiger partial charge in [-0.2, -0.15) is 0 Å². The van der Waals surface area contributed by atoms with Gasteiger partial charge in [0.05, 0.1) is 0 Å². The summed E-state index contributed by atoms with van der Waals surface area (Å²) >= 11 is 3.39. The van der Waals surface area contributed by atoms with E-state index in [0.29, 0.717) is 12.5 Å². The topological polar surface area (TPSA) is 47.9 Å². The SMILES string of the molecule is Cc1cccc(COc2ccc(C=C3N=C(c4ccc(Br)cc4)OC3=O)cc2)c1. The summed E-state index contributed by atoms with van der Waals surface area (Å²) in [6.07, 6.45) is 1.71. The van der Waals surface area contributed by atoms with Crippen molar-refractivity contribution in [3.63, 3.8) is 0 Å². The standard InChI is InChI=1S/C24H18BrNO3/c1-16-3-2-4-18(13-16)15-28-21-11-5-17(6-12-21)14-22-24(27)29-23(26-22)19-7-9-20(25)10-8-19/h2-14H,15H2,1H3. The van der Waals surface area contributed by atoms with E-state index in [-0.39, 0.29) is 5.70 Å². The highest BCUT2D eigenvalue weighted by Crippen LogP contribution is 2.22. The molecule has 4 nitrogen and oxygen atoms in total. The van der Waals surface area contributed by atoms with Gasteiger partial charge < -0.3 is 9.47 Å². The van der Waals surface area contributed by atoms with E-state index in [1.807, 2.05) is 60.7 Å². The van der Waals surface area contributed by atoms with E-state index in [9.17, 15) is 4.79 Å². The molecule has 3 aromatic rings. The van der Waals surface area contributed by atoms with Crippen LogP contribution in [-0.4, -0.2) is 11.9 Å². The molecule has 0 spiro atoms. The highest BCUT2D eigenvalue weighted by atomic mass is 79.9. The fourth-order valence-corrected chi connectivity index (χ4v) is 3.18. The number of hydrogen-bond acceptors (Lipinski definition) is 4. The molecule has 4 rings (SSSR count). The first-order chi connectivity index (χ1) is 14.1. The number of halogens is 1. The number of rotatable bonds is 5. The van der Waals surface area contributed by atoms with Gasteiger partial charge in [0.25, 0.3) is 0 Å². The highest BCUT2D eigenvalue weighted by Gasteiger charge is 2.24. The lowest BCUT2D eigenvalue weighted by atomic mass is 10.1. The number of hydrogen-bond donors (Lipinski definition) is 0. The second-order valence-corrected chi connectivity index (χ2v) is 7.61. The number of cyclic esters (lactones) is 1.